The molecule has 0 bridgehead atoms. The molecule has 0 fully saturated rings. The molecule has 6 nitrogen and oxygen atoms in total. The lowest BCUT2D eigenvalue weighted by Crippen LogP contribution is -2.36. The van der Waals surface area contributed by atoms with Gasteiger partial charge in [-0.3, -0.25) is 0 Å². The highest BCUT2D eigenvalue weighted by Gasteiger charge is 2.27. The molecule has 2 rings (SSSR count). The summed E-state index contributed by atoms with van der Waals surface area (Å²) in [5, 5.41) is 10.6. The van der Waals surface area contributed by atoms with E-state index < -0.39 is 12.8 Å². The van der Waals surface area contributed by atoms with E-state index in [1.807, 2.05) is 19.1 Å². The molecule has 0 atom stereocenters. The maximum Gasteiger partial charge on any atom is 0.411 e. The molecule has 1 aromatic carbocycles. The Bertz CT molecular complexity index is 824. The fraction of sp³-hybridized carbons (Fsp3) is 0.545. The van der Waals surface area contributed by atoms with E-state index in [4.69, 9.17) is 9.26 Å². The molecule has 0 aliphatic heterocycles. The Hall–Kier alpha value is -1.82. The summed E-state index contributed by atoms with van der Waals surface area (Å²) in [6, 6.07) is 9.15. The van der Waals surface area contributed by atoms with Crippen molar-refractivity contribution in [2.45, 2.75) is 65.4 Å². The van der Waals surface area contributed by atoms with Gasteiger partial charge in [-0.1, -0.05) is 43.3 Å². The zero-order valence-corrected chi connectivity index (χ0v) is 21.0. The second-order valence-electron chi connectivity index (χ2n) is 7.21. The number of ether oxygens (including phenoxy) is 1. The fourth-order valence-corrected chi connectivity index (χ4v) is 3.10. The maximum absolute atomic E-state index is 12.2. The summed E-state index contributed by atoms with van der Waals surface area (Å²) in [5.41, 5.74) is 2.51. The van der Waals surface area contributed by atoms with E-state index in [0.29, 0.717) is 37.1 Å². The molecule has 0 aliphatic carbocycles. The number of rotatable bonds is 11. The smallest absolute Gasteiger partial charge is 0.367 e. The minimum Gasteiger partial charge on any atom is -0.367 e. The fourth-order valence-electron chi connectivity index (χ4n) is 3.10. The van der Waals surface area contributed by atoms with Crippen molar-refractivity contribution >= 4 is 29.9 Å². The lowest BCUT2D eigenvalue weighted by atomic mass is 9.99. The van der Waals surface area contributed by atoms with Crippen LogP contribution in [0.1, 0.15) is 62.1 Å². The average Bonchev–Trinajstić information content (AvgIpc) is 3.19. The molecule has 0 amide bonds. The van der Waals surface area contributed by atoms with Gasteiger partial charge in [-0.2, -0.15) is 13.2 Å². The van der Waals surface area contributed by atoms with Crippen molar-refractivity contribution in [1.82, 2.24) is 15.8 Å². The number of hydrogen-bond acceptors (Lipinski definition) is 4. The molecule has 1 heterocycles. The van der Waals surface area contributed by atoms with Crippen LogP contribution in [0.4, 0.5) is 13.2 Å². The number of nitrogens with one attached hydrogen (secondary N) is 2. The molecule has 0 saturated carbocycles. The van der Waals surface area contributed by atoms with Crippen molar-refractivity contribution in [3.8, 4) is 0 Å². The molecular formula is C22H32F3IN4O2. The highest BCUT2D eigenvalue weighted by Crippen LogP contribution is 2.22. The third-order valence-electron chi connectivity index (χ3n) is 4.70. The van der Waals surface area contributed by atoms with Gasteiger partial charge < -0.3 is 19.9 Å². The third kappa shape index (κ3) is 10.2. The predicted molar refractivity (Wildman–Crippen MR) is 129 cm³/mol. The molecule has 1 aromatic heterocycles. The van der Waals surface area contributed by atoms with Crippen LogP contribution in [0, 0.1) is 0 Å². The first-order valence-corrected chi connectivity index (χ1v) is 10.5. The van der Waals surface area contributed by atoms with E-state index in [0.717, 1.165) is 29.9 Å². The van der Waals surface area contributed by atoms with Gasteiger partial charge in [0.15, 0.2) is 11.7 Å². The first-order valence-electron chi connectivity index (χ1n) is 10.5. The summed E-state index contributed by atoms with van der Waals surface area (Å²) < 4.78 is 46.8. The summed E-state index contributed by atoms with van der Waals surface area (Å²) in [7, 11) is 0. The van der Waals surface area contributed by atoms with Gasteiger partial charge in [0.25, 0.3) is 0 Å². The molecule has 2 N–H and O–H groups in total. The molecule has 0 saturated heterocycles. The van der Waals surface area contributed by atoms with Gasteiger partial charge in [-0.25, -0.2) is 4.99 Å². The SMILES string of the molecule is CCNC(=NCc1cccc(COCC(F)(F)F)c1)NCc1cc(C(CC)CC)no1.I. The maximum atomic E-state index is 12.2. The average molecular weight is 568 g/mol. The number of nitrogens with zero attached hydrogens (tertiary/aromatic N) is 2. The molecule has 0 radical (unpaired) electrons. The summed E-state index contributed by atoms with van der Waals surface area (Å²) in [4.78, 5) is 4.55. The van der Waals surface area contributed by atoms with Crippen molar-refractivity contribution < 1.29 is 22.4 Å². The first-order chi connectivity index (χ1) is 14.8. The van der Waals surface area contributed by atoms with E-state index in [2.05, 4.69) is 34.6 Å². The van der Waals surface area contributed by atoms with E-state index >= 15 is 0 Å². The van der Waals surface area contributed by atoms with E-state index in [1.54, 1.807) is 18.2 Å². The van der Waals surface area contributed by atoms with Crippen LogP contribution in [-0.4, -0.2) is 30.4 Å². The van der Waals surface area contributed by atoms with Crippen molar-refractivity contribution in [3.63, 3.8) is 0 Å². The van der Waals surface area contributed by atoms with Gasteiger partial charge in [0.1, 0.15) is 6.61 Å². The molecule has 0 aliphatic rings. The van der Waals surface area contributed by atoms with E-state index in [-0.39, 0.29) is 30.6 Å². The molecule has 32 heavy (non-hydrogen) atoms. The van der Waals surface area contributed by atoms with Gasteiger partial charge in [0.2, 0.25) is 0 Å². The highest BCUT2D eigenvalue weighted by atomic mass is 127. The zero-order valence-electron chi connectivity index (χ0n) is 18.7. The number of hydrogen-bond donors (Lipinski definition) is 2. The summed E-state index contributed by atoms with van der Waals surface area (Å²) in [6.07, 6.45) is -2.30. The van der Waals surface area contributed by atoms with Crippen LogP contribution in [0.3, 0.4) is 0 Å². The Kier molecular flexibility index (Phi) is 12.7. The highest BCUT2D eigenvalue weighted by molar-refractivity contribution is 14.0. The van der Waals surface area contributed by atoms with Crippen molar-refractivity contribution in [2.75, 3.05) is 13.2 Å². The minimum absolute atomic E-state index is 0. The second-order valence-corrected chi connectivity index (χ2v) is 7.21. The van der Waals surface area contributed by atoms with E-state index in [1.165, 1.54) is 0 Å². The van der Waals surface area contributed by atoms with Gasteiger partial charge in [-0.05, 0) is 30.9 Å². The van der Waals surface area contributed by atoms with Crippen LogP contribution < -0.4 is 10.6 Å². The number of aromatic nitrogens is 1. The van der Waals surface area contributed by atoms with Gasteiger partial charge in [0, 0.05) is 18.5 Å². The van der Waals surface area contributed by atoms with Crippen molar-refractivity contribution in [2.24, 2.45) is 4.99 Å². The van der Waals surface area contributed by atoms with Crippen LogP contribution >= 0.6 is 24.0 Å². The standard InChI is InChI=1S/C22H31F3N4O2.HI/c1-4-18(5-2)20-11-19(31-29-20)13-28-21(26-6-3)27-12-16-8-7-9-17(10-16)14-30-15-22(23,24)25;/h7-11,18H,4-6,12-15H2,1-3H3,(H2,26,27,28);1H. The lowest BCUT2D eigenvalue weighted by molar-refractivity contribution is -0.176. The quantitative estimate of drug-likeness (QED) is 0.212. The number of guanidine groups is 1. The molecule has 10 heteroatoms. The van der Waals surface area contributed by atoms with Crippen LogP contribution in [0.2, 0.25) is 0 Å². The van der Waals surface area contributed by atoms with Crippen molar-refractivity contribution in [1.29, 1.82) is 0 Å². The van der Waals surface area contributed by atoms with Crippen LogP contribution in [-0.2, 0) is 24.4 Å². The molecule has 0 unspecified atom stereocenters. The third-order valence-corrected chi connectivity index (χ3v) is 4.70. The van der Waals surface area contributed by atoms with Crippen molar-refractivity contribution in [3.05, 3.63) is 52.9 Å². The lowest BCUT2D eigenvalue weighted by Gasteiger charge is -2.11. The van der Waals surface area contributed by atoms with E-state index in [9.17, 15) is 13.2 Å². The van der Waals surface area contributed by atoms with Gasteiger partial charge in [-0.15, -0.1) is 24.0 Å². The Balaban J connectivity index is 0.00000512. The molecular weight excluding hydrogens is 536 g/mol. The zero-order chi connectivity index (χ0) is 22.7. The largest absolute Gasteiger partial charge is 0.411 e. The molecule has 0 spiro atoms. The molecule has 180 valence electrons. The Morgan fingerprint density at radius 3 is 2.50 bits per heavy atom. The summed E-state index contributed by atoms with van der Waals surface area (Å²) >= 11 is 0. The van der Waals surface area contributed by atoms with Gasteiger partial charge >= 0.3 is 6.18 Å². The predicted octanol–water partition coefficient (Wildman–Crippen LogP) is 5.53. The van der Waals surface area contributed by atoms with Crippen LogP contribution in [0.15, 0.2) is 39.8 Å². The summed E-state index contributed by atoms with van der Waals surface area (Å²) in [5.74, 6) is 1.74. The monoisotopic (exact) mass is 568 g/mol. The molecule has 2 aromatic rings. The Morgan fingerprint density at radius 2 is 1.84 bits per heavy atom. The van der Waals surface area contributed by atoms with Crippen LogP contribution in [0.5, 0.6) is 0 Å². The van der Waals surface area contributed by atoms with Gasteiger partial charge in [0.05, 0.1) is 25.4 Å². The summed E-state index contributed by atoms with van der Waals surface area (Å²) in [6.45, 7) is 6.39. The number of benzene rings is 1. The normalized spacial score (nSPS) is 12.0. The minimum atomic E-state index is -4.33. The Labute approximate surface area is 204 Å². The van der Waals surface area contributed by atoms with Crippen LogP contribution in [0.25, 0.3) is 0 Å². The topological polar surface area (TPSA) is 71.7 Å². The number of halogens is 4. The number of alkyl halides is 3. The second kappa shape index (κ2) is 14.4. The first kappa shape index (κ1) is 28.2. The number of aliphatic imine (C=N–C) groups is 1. The Morgan fingerprint density at radius 1 is 1.12 bits per heavy atom.